The van der Waals surface area contributed by atoms with E-state index in [0.717, 1.165) is 18.2 Å². The molecule has 0 unspecified atom stereocenters. The minimum Gasteiger partial charge on any atom is -0.395 e. The number of allylic oxidation sites excluding steroid dienone is 2. The smallest absolute Gasteiger partial charge is 0.251 e. The average molecular weight is 361 g/mol. The van der Waals surface area contributed by atoms with Gasteiger partial charge in [0.25, 0.3) is 5.91 Å². The first-order valence-corrected chi connectivity index (χ1v) is 9.02. The number of amides is 1. The Morgan fingerprint density at radius 3 is 2.35 bits per heavy atom. The van der Waals surface area contributed by atoms with Gasteiger partial charge >= 0.3 is 0 Å². The van der Waals surface area contributed by atoms with Crippen LogP contribution in [-0.2, 0) is 4.79 Å². The number of rotatable bonds is 9. The molecule has 1 aromatic carbocycles. The van der Waals surface area contributed by atoms with E-state index < -0.39 is 0 Å². The van der Waals surface area contributed by atoms with E-state index in [0.29, 0.717) is 37.1 Å². The lowest BCUT2D eigenvalue weighted by atomic mass is 10.1. The van der Waals surface area contributed by atoms with Crippen LogP contribution in [0.25, 0.3) is 0 Å². The van der Waals surface area contributed by atoms with Gasteiger partial charge in [0, 0.05) is 29.5 Å². The van der Waals surface area contributed by atoms with Gasteiger partial charge in [-0.1, -0.05) is 0 Å². The summed E-state index contributed by atoms with van der Waals surface area (Å²) < 4.78 is 0. The van der Waals surface area contributed by atoms with E-state index in [9.17, 15) is 9.59 Å². The topological polar surface area (TPSA) is 122 Å². The van der Waals surface area contributed by atoms with Crippen LogP contribution in [0.2, 0.25) is 0 Å². The number of carbonyl (C=O) groups excluding carboxylic acids is 2. The second-order valence-corrected chi connectivity index (χ2v) is 6.07. The fourth-order valence-corrected chi connectivity index (χ4v) is 2.14. The Kier molecular flexibility index (Phi) is 10.0. The molecule has 0 aliphatic heterocycles. The molecule has 7 N–H and O–H groups in total. The molecule has 0 saturated heterocycles. The predicted octanol–water partition coefficient (Wildman–Crippen LogP) is 1.32. The number of hydrogen-bond acceptors (Lipinski definition) is 6. The van der Waals surface area contributed by atoms with E-state index in [2.05, 4.69) is 16.0 Å². The average Bonchev–Trinajstić information content (AvgIpc) is 3.50. The second-order valence-electron chi connectivity index (χ2n) is 6.07. The Balaban J connectivity index is 0.000000577. The largest absolute Gasteiger partial charge is 0.395 e. The highest BCUT2D eigenvalue weighted by molar-refractivity contribution is 5.94. The summed E-state index contributed by atoms with van der Waals surface area (Å²) in [6, 6.07) is 7.85. The highest BCUT2D eigenvalue weighted by Crippen LogP contribution is 2.17. The van der Waals surface area contributed by atoms with Crippen molar-refractivity contribution in [2.75, 3.05) is 25.5 Å². The Bertz CT molecular complexity index is 594. The highest BCUT2D eigenvalue weighted by Gasteiger charge is 2.17. The van der Waals surface area contributed by atoms with Crippen molar-refractivity contribution in [2.24, 2.45) is 11.5 Å². The molecule has 0 atom stereocenters. The summed E-state index contributed by atoms with van der Waals surface area (Å²) in [6.07, 6.45) is 4.74. The molecule has 0 aromatic heterocycles. The molecule has 7 nitrogen and oxygen atoms in total. The van der Waals surface area contributed by atoms with Gasteiger partial charge < -0.3 is 27.4 Å². The van der Waals surface area contributed by atoms with E-state index >= 15 is 0 Å². The monoisotopic (exact) mass is 361 g/mol. The molecule has 7 heteroatoms. The molecule has 26 heavy (non-hydrogen) atoms. The fraction of sp³-hybridized carbons (Fsp3) is 0.474. The Labute approximate surface area is 155 Å². The van der Waals surface area contributed by atoms with Crippen molar-refractivity contribution in [1.29, 1.82) is 0 Å². The first-order chi connectivity index (χ1) is 12.5. The number of nitrogens with one attached hydrogen (secondary N) is 3. The van der Waals surface area contributed by atoms with Crippen LogP contribution in [0.15, 0.2) is 35.7 Å². The molecule has 0 spiro atoms. The summed E-state index contributed by atoms with van der Waals surface area (Å²) in [4.78, 5) is 22.5. The zero-order valence-electron chi connectivity index (χ0n) is 15.7. The lowest BCUT2D eigenvalue weighted by Gasteiger charge is -2.12. The van der Waals surface area contributed by atoms with Crippen molar-refractivity contribution in [3.05, 3.63) is 41.2 Å². The zero-order valence-corrected chi connectivity index (χ0v) is 15.7. The molecule has 1 fully saturated rings. The van der Waals surface area contributed by atoms with E-state index in [-0.39, 0.29) is 11.6 Å². The maximum Gasteiger partial charge on any atom is 0.251 e. The van der Waals surface area contributed by atoms with Gasteiger partial charge in [0.15, 0.2) is 6.29 Å². The number of benzene rings is 1. The Morgan fingerprint density at radius 1 is 1.27 bits per heavy atom. The van der Waals surface area contributed by atoms with Crippen LogP contribution in [0.1, 0.15) is 43.0 Å². The third-order valence-corrected chi connectivity index (χ3v) is 3.87. The molecular formula is C19H31N5O2. The molecule has 0 radical (unpaired) electrons. The summed E-state index contributed by atoms with van der Waals surface area (Å²) in [7, 11) is 2.01. The van der Waals surface area contributed by atoms with Crippen LogP contribution in [-0.4, -0.2) is 38.4 Å². The number of hydrogen-bond donors (Lipinski definition) is 5. The van der Waals surface area contributed by atoms with Gasteiger partial charge in [-0.2, -0.15) is 0 Å². The quantitative estimate of drug-likeness (QED) is 0.334. The van der Waals surface area contributed by atoms with E-state index in [1.807, 2.05) is 14.0 Å². The SMILES string of the molecule is CCNC(=O)c1ccc(N/C(CCCN)=C(\N)C=O)cc1.CNC1CC1. The van der Waals surface area contributed by atoms with Crippen LogP contribution in [0, 0.1) is 0 Å². The van der Waals surface area contributed by atoms with Gasteiger partial charge in [-0.15, -0.1) is 0 Å². The van der Waals surface area contributed by atoms with E-state index in [1.54, 1.807) is 24.3 Å². The number of anilines is 1. The molecule has 0 heterocycles. The molecule has 1 aromatic rings. The first-order valence-electron chi connectivity index (χ1n) is 9.02. The summed E-state index contributed by atoms with van der Waals surface area (Å²) in [5, 5.41) is 8.97. The summed E-state index contributed by atoms with van der Waals surface area (Å²) in [5.41, 5.74) is 13.3. The van der Waals surface area contributed by atoms with Crippen LogP contribution < -0.4 is 27.4 Å². The van der Waals surface area contributed by atoms with Gasteiger partial charge in [-0.25, -0.2) is 0 Å². The highest BCUT2D eigenvalue weighted by atomic mass is 16.1. The normalized spacial score (nSPS) is 13.8. The van der Waals surface area contributed by atoms with Crippen LogP contribution in [0.5, 0.6) is 0 Å². The molecule has 1 aliphatic rings. The molecule has 1 saturated carbocycles. The third-order valence-electron chi connectivity index (χ3n) is 3.87. The van der Waals surface area contributed by atoms with Gasteiger partial charge in [-0.05, 0) is 70.5 Å². The maximum atomic E-state index is 11.7. The third kappa shape index (κ3) is 8.13. The maximum absolute atomic E-state index is 11.7. The number of carbonyl (C=O) groups is 2. The lowest BCUT2D eigenvalue weighted by Crippen LogP contribution is -2.22. The molecule has 144 valence electrons. The van der Waals surface area contributed by atoms with Crippen molar-refractivity contribution < 1.29 is 9.59 Å². The lowest BCUT2D eigenvalue weighted by molar-refractivity contribution is -0.105. The van der Waals surface area contributed by atoms with E-state index in [4.69, 9.17) is 11.5 Å². The molecular weight excluding hydrogens is 330 g/mol. The minimum absolute atomic E-state index is 0.115. The van der Waals surface area contributed by atoms with Crippen molar-refractivity contribution in [2.45, 2.75) is 38.6 Å². The first kappa shape index (κ1) is 21.7. The zero-order chi connectivity index (χ0) is 19.4. The van der Waals surface area contributed by atoms with Crippen molar-refractivity contribution in [3.8, 4) is 0 Å². The summed E-state index contributed by atoms with van der Waals surface area (Å²) in [5.74, 6) is -0.115. The van der Waals surface area contributed by atoms with Crippen molar-refractivity contribution in [1.82, 2.24) is 10.6 Å². The van der Waals surface area contributed by atoms with Crippen LogP contribution in [0.4, 0.5) is 5.69 Å². The summed E-state index contributed by atoms with van der Waals surface area (Å²) >= 11 is 0. The molecule has 2 rings (SSSR count). The summed E-state index contributed by atoms with van der Waals surface area (Å²) in [6.45, 7) is 2.97. The molecule has 1 aliphatic carbocycles. The van der Waals surface area contributed by atoms with Gasteiger partial charge in [0.05, 0.1) is 5.70 Å². The second kappa shape index (κ2) is 12.1. The fourth-order valence-electron chi connectivity index (χ4n) is 2.14. The standard InChI is InChI=1S/C15H22N4O2.C4H9N/c1-2-18-15(21)11-5-7-12(8-6-11)19-14(4-3-9-16)13(17)10-20;1-5-4-2-3-4/h5-8,10,19H,2-4,9,16-17H2,1H3,(H,18,21);4-5H,2-3H2,1H3/b14-13-;. The number of nitrogens with two attached hydrogens (primary N) is 2. The molecule has 1 amide bonds. The van der Waals surface area contributed by atoms with Crippen molar-refractivity contribution >= 4 is 17.9 Å². The van der Waals surface area contributed by atoms with Gasteiger partial charge in [-0.3, -0.25) is 9.59 Å². The van der Waals surface area contributed by atoms with Gasteiger partial charge in [0.1, 0.15) is 0 Å². The number of aldehydes is 1. The van der Waals surface area contributed by atoms with Crippen molar-refractivity contribution in [3.63, 3.8) is 0 Å². The Morgan fingerprint density at radius 2 is 1.92 bits per heavy atom. The van der Waals surface area contributed by atoms with Crippen LogP contribution >= 0.6 is 0 Å². The van der Waals surface area contributed by atoms with Gasteiger partial charge in [0.2, 0.25) is 0 Å². The predicted molar refractivity (Wildman–Crippen MR) is 106 cm³/mol. The van der Waals surface area contributed by atoms with E-state index in [1.165, 1.54) is 12.8 Å². The van der Waals surface area contributed by atoms with Crippen LogP contribution in [0.3, 0.4) is 0 Å². The minimum atomic E-state index is -0.115. The Hall–Kier alpha value is -2.38. The molecule has 0 bridgehead atoms.